The van der Waals surface area contributed by atoms with Crippen molar-refractivity contribution in [1.29, 1.82) is 0 Å². The van der Waals surface area contributed by atoms with E-state index in [1.165, 1.54) is 30.0 Å². The van der Waals surface area contributed by atoms with Crippen molar-refractivity contribution in [2.24, 2.45) is 0 Å². The summed E-state index contributed by atoms with van der Waals surface area (Å²) in [7, 11) is 0. The number of tetrazole rings is 1. The molecule has 0 aliphatic rings. The first kappa shape index (κ1) is 14.4. The summed E-state index contributed by atoms with van der Waals surface area (Å²) >= 11 is 1.21. The van der Waals surface area contributed by atoms with Crippen LogP contribution in [0.2, 0.25) is 0 Å². The lowest BCUT2D eigenvalue weighted by Gasteiger charge is -2.04. The van der Waals surface area contributed by atoms with Crippen LogP contribution in [0.15, 0.2) is 59.8 Å². The number of rotatable bonds is 5. The number of para-hydroxylation sites is 1. The van der Waals surface area contributed by atoms with Gasteiger partial charge in [-0.25, -0.2) is 4.39 Å². The van der Waals surface area contributed by atoms with Crippen molar-refractivity contribution in [3.63, 3.8) is 0 Å². The summed E-state index contributed by atoms with van der Waals surface area (Å²) in [5, 5.41) is 12.0. The van der Waals surface area contributed by atoms with Crippen LogP contribution in [-0.2, 0) is 0 Å². The Hall–Kier alpha value is -2.54. The first-order valence-electron chi connectivity index (χ1n) is 6.49. The van der Waals surface area contributed by atoms with E-state index in [-0.39, 0.29) is 11.5 Å². The van der Waals surface area contributed by atoms with Gasteiger partial charge in [-0.15, -0.1) is 5.10 Å². The van der Waals surface area contributed by atoms with E-state index >= 15 is 0 Å². The molecule has 0 radical (unpaired) electrons. The van der Waals surface area contributed by atoms with Crippen LogP contribution in [0.4, 0.5) is 4.39 Å². The van der Waals surface area contributed by atoms with Gasteiger partial charge in [0.1, 0.15) is 5.82 Å². The van der Waals surface area contributed by atoms with Crippen molar-refractivity contribution in [3.05, 3.63) is 66.0 Å². The number of ketones is 1. The predicted octanol–water partition coefficient (Wildman–Crippen LogP) is 2.78. The second-order valence-corrected chi connectivity index (χ2v) is 5.37. The highest BCUT2D eigenvalue weighted by Crippen LogP contribution is 2.19. The molecule has 0 N–H and O–H groups in total. The highest BCUT2D eigenvalue weighted by atomic mass is 32.2. The van der Waals surface area contributed by atoms with Gasteiger partial charge in [0.2, 0.25) is 5.16 Å². The van der Waals surface area contributed by atoms with Crippen molar-refractivity contribution in [3.8, 4) is 5.69 Å². The number of Topliss-reactive ketones (excluding diaryl/α,β-unsaturated/α-hetero) is 1. The molecule has 3 rings (SSSR count). The summed E-state index contributed by atoms with van der Waals surface area (Å²) in [5.41, 5.74) is 1.15. The fourth-order valence-corrected chi connectivity index (χ4v) is 2.66. The van der Waals surface area contributed by atoms with Crippen molar-refractivity contribution < 1.29 is 9.18 Å². The maximum atomic E-state index is 13.1. The fourth-order valence-electron chi connectivity index (χ4n) is 1.88. The topological polar surface area (TPSA) is 60.7 Å². The summed E-state index contributed by atoms with van der Waals surface area (Å²) in [6.07, 6.45) is 0. The highest BCUT2D eigenvalue weighted by molar-refractivity contribution is 7.99. The van der Waals surface area contributed by atoms with Crippen LogP contribution in [0.3, 0.4) is 0 Å². The van der Waals surface area contributed by atoms with Gasteiger partial charge in [-0.05, 0) is 34.7 Å². The van der Waals surface area contributed by atoms with Gasteiger partial charge in [0, 0.05) is 5.56 Å². The van der Waals surface area contributed by atoms with Gasteiger partial charge in [-0.3, -0.25) is 4.79 Å². The molecule has 7 heteroatoms. The number of thioether (sulfide) groups is 1. The van der Waals surface area contributed by atoms with Crippen molar-refractivity contribution >= 4 is 17.5 Å². The van der Waals surface area contributed by atoms with Crippen LogP contribution < -0.4 is 0 Å². The smallest absolute Gasteiger partial charge is 0.214 e. The number of halogens is 1. The lowest BCUT2D eigenvalue weighted by molar-refractivity contribution is 0.102. The third kappa shape index (κ3) is 3.20. The van der Waals surface area contributed by atoms with Crippen LogP contribution in [-0.4, -0.2) is 31.7 Å². The zero-order valence-electron chi connectivity index (χ0n) is 11.4. The molecule has 2 aromatic carbocycles. The van der Waals surface area contributed by atoms with Gasteiger partial charge < -0.3 is 0 Å². The Balaban J connectivity index is 1.73. The Morgan fingerprint density at radius 2 is 1.95 bits per heavy atom. The minimum Gasteiger partial charge on any atom is -0.293 e. The van der Waals surface area contributed by atoms with Gasteiger partial charge in [0.15, 0.2) is 5.78 Å². The van der Waals surface area contributed by atoms with Crippen LogP contribution in [0.5, 0.6) is 0 Å². The molecule has 0 bridgehead atoms. The number of carbonyl (C=O) groups is 1. The first-order chi connectivity index (χ1) is 10.7. The summed E-state index contributed by atoms with van der Waals surface area (Å²) in [4.78, 5) is 12.1. The fraction of sp³-hybridized carbons (Fsp3) is 0.0667. The summed E-state index contributed by atoms with van der Waals surface area (Å²) in [5.74, 6) is -0.464. The molecule has 3 aromatic rings. The average Bonchev–Trinajstić information content (AvgIpc) is 3.02. The molecule has 0 aliphatic carbocycles. The SMILES string of the molecule is O=C(CSc1nnnn1-c1ccccc1)c1cccc(F)c1. The van der Waals surface area contributed by atoms with E-state index in [2.05, 4.69) is 15.5 Å². The number of carbonyl (C=O) groups excluding carboxylic acids is 1. The van der Waals surface area contributed by atoms with Crippen LogP contribution >= 0.6 is 11.8 Å². The number of benzene rings is 2. The maximum Gasteiger partial charge on any atom is 0.214 e. The first-order valence-corrected chi connectivity index (χ1v) is 7.48. The molecule has 110 valence electrons. The van der Waals surface area contributed by atoms with Crippen LogP contribution in [0.25, 0.3) is 5.69 Å². The summed E-state index contributed by atoms with van der Waals surface area (Å²) in [6.45, 7) is 0. The number of aromatic nitrogens is 4. The molecule has 1 aromatic heterocycles. The normalized spacial score (nSPS) is 10.6. The van der Waals surface area contributed by atoms with Crippen molar-refractivity contribution in [2.75, 3.05) is 5.75 Å². The van der Waals surface area contributed by atoms with E-state index < -0.39 is 5.82 Å². The molecule has 0 saturated heterocycles. The Labute approximate surface area is 130 Å². The molecule has 1 heterocycles. The van der Waals surface area contributed by atoms with Crippen LogP contribution in [0, 0.1) is 5.82 Å². The second kappa shape index (κ2) is 6.48. The third-order valence-corrected chi connectivity index (χ3v) is 3.84. The zero-order valence-corrected chi connectivity index (χ0v) is 12.2. The molecule has 0 saturated carbocycles. The molecular weight excluding hydrogens is 303 g/mol. The van der Waals surface area contributed by atoms with Gasteiger partial charge >= 0.3 is 0 Å². The van der Waals surface area contributed by atoms with Gasteiger partial charge in [0.05, 0.1) is 11.4 Å². The quantitative estimate of drug-likeness (QED) is 0.535. The van der Waals surface area contributed by atoms with E-state index in [4.69, 9.17) is 0 Å². The number of hydrogen-bond donors (Lipinski definition) is 0. The molecule has 0 unspecified atom stereocenters. The molecule has 0 atom stereocenters. The molecule has 22 heavy (non-hydrogen) atoms. The Kier molecular flexibility index (Phi) is 4.24. The summed E-state index contributed by atoms with van der Waals surface area (Å²) in [6, 6.07) is 15.0. The largest absolute Gasteiger partial charge is 0.293 e. The second-order valence-electron chi connectivity index (χ2n) is 4.43. The standard InChI is InChI=1S/C15H11FN4OS/c16-12-6-4-5-11(9-12)14(21)10-22-15-17-18-19-20(15)13-7-2-1-3-8-13/h1-9H,10H2. The third-order valence-electron chi connectivity index (χ3n) is 2.92. The average molecular weight is 314 g/mol. The molecule has 0 fully saturated rings. The molecule has 0 amide bonds. The van der Waals surface area contributed by atoms with E-state index in [0.717, 1.165) is 5.69 Å². The minimum atomic E-state index is -0.426. The monoisotopic (exact) mass is 314 g/mol. The lowest BCUT2D eigenvalue weighted by atomic mass is 10.1. The Morgan fingerprint density at radius 1 is 1.14 bits per heavy atom. The van der Waals surface area contributed by atoms with Gasteiger partial charge in [-0.1, -0.05) is 42.1 Å². The zero-order chi connectivity index (χ0) is 15.4. The predicted molar refractivity (Wildman–Crippen MR) is 80.6 cm³/mol. The lowest BCUT2D eigenvalue weighted by Crippen LogP contribution is -2.05. The van der Waals surface area contributed by atoms with Gasteiger partial charge in [-0.2, -0.15) is 4.68 Å². The molecular formula is C15H11FN4OS. The number of hydrogen-bond acceptors (Lipinski definition) is 5. The van der Waals surface area contributed by atoms with Gasteiger partial charge in [0.25, 0.3) is 0 Å². The van der Waals surface area contributed by atoms with Crippen LogP contribution in [0.1, 0.15) is 10.4 Å². The Bertz CT molecular complexity index is 791. The highest BCUT2D eigenvalue weighted by Gasteiger charge is 2.13. The van der Waals surface area contributed by atoms with Crippen molar-refractivity contribution in [1.82, 2.24) is 20.2 Å². The molecule has 5 nitrogen and oxygen atoms in total. The molecule has 0 aliphatic heterocycles. The van der Waals surface area contributed by atoms with E-state index in [1.54, 1.807) is 10.7 Å². The maximum absolute atomic E-state index is 13.1. The van der Waals surface area contributed by atoms with E-state index in [9.17, 15) is 9.18 Å². The Morgan fingerprint density at radius 3 is 2.73 bits per heavy atom. The minimum absolute atomic E-state index is 0.136. The van der Waals surface area contributed by atoms with Crippen molar-refractivity contribution in [2.45, 2.75) is 5.16 Å². The number of nitrogens with zero attached hydrogens (tertiary/aromatic N) is 4. The van der Waals surface area contributed by atoms with E-state index in [0.29, 0.717) is 10.7 Å². The summed E-state index contributed by atoms with van der Waals surface area (Å²) < 4.78 is 14.7. The van der Waals surface area contributed by atoms with E-state index in [1.807, 2.05) is 30.3 Å². The molecule has 0 spiro atoms.